The van der Waals surface area contributed by atoms with Crippen molar-refractivity contribution in [1.82, 2.24) is 10.6 Å². The van der Waals surface area contributed by atoms with Crippen LogP contribution in [0.25, 0.3) is 0 Å². The first-order valence-electron chi connectivity index (χ1n) is 7.58. The molecule has 2 aliphatic rings. The average molecular weight is 252 g/mol. The van der Waals surface area contributed by atoms with Crippen molar-refractivity contribution in [2.75, 3.05) is 6.54 Å². The minimum atomic E-state index is 0.221. The molecule has 0 heterocycles. The predicted molar refractivity (Wildman–Crippen MR) is 74.4 cm³/mol. The van der Waals surface area contributed by atoms with E-state index in [0.29, 0.717) is 23.9 Å². The fourth-order valence-electron chi connectivity index (χ4n) is 2.78. The summed E-state index contributed by atoms with van der Waals surface area (Å²) < 4.78 is 0. The van der Waals surface area contributed by atoms with Gasteiger partial charge in [-0.3, -0.25) is 4.79 Å². The largest absolute Gasteiger partial charge is 0.353 e. The molecule has 0 radical (unpaired) electrons. The van der Waals surface area contributed by atoms with E-state index in [4.69, 9.17) is 0 Å². The Morgan fingerprint density at radius 3 is 2.61 bits per heavy atom. The van der Waals surface area contributed by atoms with Crippen LogP contribution in [0.15, 0.2) is 0 Å². The lowest BCUT2D eigenvalue weighted by molar-refractivity contribution is -0.121. The molecule has 0 bridgehead atoms. The monoisotopic (exact) mass is 252 g/mol. The second-order valence-corrected chi connectivity index (χ2v) is 6.84. The predicted octanol–water partition coefficient (Wildman–Crippen LogP) is 2.60. The Bertz CT molecular complexity index is 284. The zero-order valence-corrected chi connectivity index (χ0v) is 11.9. The van der Waals surface area contributed by atoms with Crippen molar-refractivity contribution >= 4 is 5.91 Å². The highest BCUT2D eigenvalue weighted by Crippen LogP contribution is 2.33. The quantitative estimate of drug-likeness (QED) is 0.738. The van der Waals surface area contributed by atoms with Crippen molar-refractivity contribution < 1.29 is 4.79 Å². The topological polar surface area (TPSA) is 41.1 Å². The van der Waals surface area contributed by atoms with E-state index >= 15 is 0 Å². The maximum atomic E-state index is 11.6. The summed E-state index contributed by atoms with van der Waals surface area (Å²) in [6.45, 7) is 5.58. The molecule has 0 aromatic rings. The van der Waals surface area contributed by atoms with Crippen LogP contribution in [-0.4, -0.2) is 24.5 Å². The molecule has 1 amide bonds. The third kappa shape index (κ3) is 4.97. The van der Waals surface area contributed by atoms with Gasteiger partial charge in [-0.1, -0.05) is 20.3 Å². The van der Waals surface area contributed by atoms with E-state index in [2.05, 4.69) is 24.5 Å². The summed E-state index contributed by atoms with van der Waals surface area (Å²) in [5.41, 5.74) is 0.514. The molecular weight excluding hydrogens is 224 g/mol. The Balaban J connectivity index is 1.59. The molecular formula is C15H28N2O. The van der Waals surface area contributed by atoms with Gasteiger partial charge in [0.15, 0.2) is 0 Å². The van der Waals surface area contributed by atoms with E-state index in [1.54, 1.807) is 0 Å². The van der Waals surface area contributed by atoms with Crippen LogP contribution < -0.4 is 10.6 Å². The van der Waals surface area contributed by atoms with Crippen LogP contribution in [0.4, 0.5) is 0 Å². The van der Waals surface area contributed by atoms with Gasteiger partial charge in [0.05, 0.1) is 0 Å². The van der Waals surface area contributed by atoms with E-state index < -0.39 is 0 Å². The van der Waals surface area contributed by atoms with Gasteiger partial charge in [0.25, 0.3) is 0 Å². The highest BCUT2D eigenvalue weighted by atomic mass is 16.1. The molecule has 18 heavy (non-hydrogen) atoms. The normalized spacial score (nSPS) is 27.6. The van der Waals surface area contributed by atoms with Crippen LogP contribution in [0, 0.1) is 5.41 Å². The first kappa shape index (κ1) is 13.9. The number of hydrogen-bond donors (Lipinski definition) is 2. The SMILES string of the molecule is CC1(C)CCCC(NCCC(=O)NC2CC2)CC1. The Labute approximate surface area is 111 Å². The molecule has 0 aliphatic heterocycles. The molecule has 0 aromatic carbocycles. The summed E-state index contributed by atoms with van der Waals surface area (Å²) in [5.74, 6) is 0.221. The lowest BCUT2D eigenvalue weighted by Gasteiger charge is -2.22. The van der Waals surface area contributed by atoms with Gasteiger partial charge in [0, 0.05) is 25.0 Å². The summed E-state index contributed by atoms with van der Waals surface area (Å²) in [6, 6.07) is 1.12. The summed E-state index contributed by atoms with van der Waals surface area (Å²) >= 11 is 0. The van der Waals surface area contributed by atoms with Crippen molar-refractivity contribution in [3.05, 3.63) is 0 Å². The summed E-state index contributed by atoms with van der Waals surface area (Å²) in [4.78, 5) is 11.6. The minimum absolute atomic E-state index is 0.221. The zero-order chi connectivity index (χ0) is 13.0. The van der Waals surface area contributed by atoms with Crippen LogP contribution in [-0.2, 0) is 4.79 Å². The smallest absolute Gasteiger partial charge is 0.221 e. The number of carbonyl (C=O) groups is 1. The fourth-order valence-corrected chi connectivity index (χ4v) is 2.78. The van der Waals surface area contributed by atoms with Crippen molar-refractivity contribution in [3.63, 3.8) is 0 Å². The standard InChI is InChI=1S/C15H28N2O/c1-15(2)9-3-4-12(7-10-15)16-11-8-14(18)17-13-5-6-13/h12-13,16H,3-11H2,1-2H3,(H,17,18). The molecule has 1 unspecified atom stereocenters. The van der Waals surface area contributed by atoms with Crippen LogP contribution in [0.3, 0.4) is 0 Å². The molecule has 2 N–H and O–H groups in total. The molecule has 104 valence electrons. The second-order valence-electron chi connectivity index (χ2n) is 6.84. The van der Waals surface area contributed by atoms with E-state index in [0.717, 1.165) is 6.54 Å². The summed E-state index contributed by atoms with van der Waals surface area (Å²) in [5, 5.41) is 6.60. The van der Waals surface area contributed by atoms with Crippen LogP contribution in [0.5, 0.6) is 0 Å². The number of carbonyl (C=O) groups excluding carboxylic acids is 1. The maximum Gasteiger partial charge on any atom is 0.221 e. The molecule has 0 saturated heterocycles. The van der Waals surface area contributed by atoms with Crippen molar-refractivity contribution in [1.29, 1.82) is 0 Å². The molecule has 1 atom stereocenters. The fraction of sp³-hybridized carbons (Fsp3) is 0.933. The van der Waals surface area contributed by atoms with Crippen LogP contribution in [0.2, 0.25) is 0 Å². The van der Waals surface area contributed by atoms with Gasteiger partial charge in [-0.25, -0.2) is 0 Å². The van der Waals surface area contributed by atoms with Gasteiger partial charge < -0.3 is 10.6 Å². The van der Waals surface area contributed by atoms with Crippen LogP contribution >= 0.6 is 0 Å². The van der Waals surface area contributed by atoms with E-state index in [-0.39, 0.29) is 5.91 Å². The first-order chi connectivity index (χ1) is 8.55. The van der Waals surface area contributed by atoms with Gasteiger partial charge in [0.2, 0.25) is 5.91 Å². The van der Waals surface area contributed by atoms with Crippen molar-refractivity contribution in [2.24, 2.45) is 5.41 Å². The van der Waals surface area contributed by atoms with E-state index in [9.17, 15) is 4.79 Å². The Hall–Kier alpha value is -0.570. The molecule has 3 nitrogen and oxygen atoms in total. The Morgan fingerprint density at radius 2 is 1.89 bits per heavy atom. The van der Waals surface area contributed by atoms with Crippen molar-refractivity contribution in [2.45, 2.75) is 77.3 Å². The van der Waals surface area contributed by atoms with Gasteiger partial charge in [-0.05, 0) is 43.9 Å². The first-order valence-corrected chi connectivity index (χ1v) is 7.58. The van der Waals surface area contributed by atoms with E-state index in [1.807, 2.05) is 0 Å². The van der Waals surface area contributed by atoms with Gasteiger partial charge in [0.1, 0.15) is 0 Å². The lowest BCUT2D eigenvalue weighted by atomic mass is 9.85. The Kier molecular flexibility index (Phi) is 4.66. The molecule has 2 rings (SSSR count). The minimum Gasteiger partial charge on any atom is -0.353 e. The zero-order valence-electron chi connectivity index (χ0n) is 11.9. The number of amides is 1. The molecule has 2 aliphatic carbocycles. The summed E-state index contributed by atoms with van der Waals surface area (Å²) in [6.07, 6.45) is 9.49. The maximum absolute atomic E-state index is 11.6. The lowest BCUT2D eigenvalue weighted by Crippen LogP contribution is -2.34. The number of hydrogen-bond acceptors (Lipinski definition) is 2. The number of rotatable bonds is 5. The summed E-state index contributed by atoms with van der Waals surface area (Å²) in [7, 11) is 0. The van der Waals surface area contributed by atoms with E-state index in [1.165, 1.54) is 44.9 Å². The Morgan fingerprint density at radius 1 is 1.11 bits per heavy atom. The molecule has 3 heteroatoms. The third-order valence-electron chi connectivity index (χ3n) is 4.30. The third-order valence-corrected chi connectivity index (χ3v) is 4.30. The highest BCUT2D eigenvalue weighted by molar-refractivity contribution is 5.76. The second kappa shape index (κ2) is 6.05. The molecule has 2 fully saturated rings. The van der Waals surface area contributed by atoms with Gasteiger partial charge in [-0.15, -0.1) is 0 Å². The molecule has 0 spiro atoms. The van der Waals surface area contributed by atoms with Crippen LogP contribution in [0.1, 0.15) is 65.2 Å². The molecule has 2 saturated carbocycles. The number of nitrogens with one attached hydrogen (secondary N) is 2. The van der Waals surface area contributed by atoms with Crippen molar-refractivity contribution in [3.8, 4) is 0 Å². The highest BCUT2D eigenvalue weighted by Gasteiger charge is 2.25. The molecule has 0 aromatic heterocycles. The van der Waals surface area contributed by atoms with Gasteiger partial charge in [-0.2, -0.15) is 0 Å². The average Bonchev–Trinajstić information content (AvgIpc) is 3.08. The van der Waals surface area contributed by atoms with Gasteiger partial charge >= 0.3 is 0 Å².